The minimum atomic E-state index is -1.17. The van der Waals surface area contributed by atoms with Crippen molar-refractivity contribution in [1.29, 1.82) is 0 Å². The van der Waals surface area contributed by atoms with Crippen molar-refractivity contribution in [1.82, 2.24) is 20.9 Å². The van der Waals surface area contributed by atoms with Gasteiger partial charge in [-0.15, -0.1) is 0 Å². The van der Waals surface area contributed by atoms with Gasteiger partial charge in [-0.25, -0.2) is 8.78 Å². The number of carbonyl (C=O) groups excluding carboxylic acids is 3. The molecule has 4 N–H and O–H groups in total. The third-order valence-corrected chi connectivity index (χ3v) is 10.4. The topological polar surface area (TPSA) is 120 Å². The quantitative estimate of drug-likeness (QED) is 0.201. The lowest BCUT2D eigenvalue weighted by Crippen LogP contribution is -2.61. The molecule has 2 heterocycles. The Bertz CT molecular complexity index is 1650. The number of halogens is 2. The molecule has 1 saturated heterocycles. The largest absolute Gasteiger partial charge is 0.496 e. The highest BCUT2D eigenvalue weighted by Crippen LogP contribution is 2.35. The van der Waals surface area contributed by atoms with Crippen molar-refractivity contribution in [3.63, 3.8) is 0 Å². The highest BCUT2D eigenvalue weighted by atomic mass is 19.1. The van der Waals surface area contributed by atoms with Gasteiger partial charge in [-0.05, 0) is 72.9 Å². The van der Waals surface area contributed by atoms with Crippen LogP contribution in [0.5, 0.6) is 5.75 Å². The second-order valence-electron chi connectivity index (χ2n) is 13.6. The van der Waals surface area contributed by atoms with Gasteiger partial charge in [0.2, 0.25) is 17.7 Å². The fourth-order valence-electron chi connectivity index (χ4n) is 7.57. The first-order valence-corrected chi connectivity index (χ1v) is 17.4. The van der Waals surface area contributed by atoms with Crippen LogP contribution in [-0.4, -0.2) is 71.2 Å². The lowest BCUT2D eigenvalue weighted by Gasteiger charge is -2.37. The van der Waals surface area contributed by atoms with Gasteiger partial charge >= 0.3 is 0 Å². The molecule has 0 radical (unpaired) electrons. The van der Waals surface area contributed by atoms with E-state index in [1.54, 1.807) is 12.0 Å². The second-order valence-corrected chi connectivity index (χ2v) is 13.6. The Labute approximate surface area is 292 Å². The third-order valence-electron chi connectivity index (χ3n) is 10.4. The van der Waals surface area contributed by atoms with Gasteiger partial charge in [0.1, 0.15) is 29.0 Å². The van der Waals surface area contributed by atoms with Gasteiger partial charge < -0.3 is 30.7 Å². The highest BCUT2D eigenvalue weighted by molar-refractivity contribution is 5.96. The number of carbonyl (C=O) groups is 3. The van der Waals surface area contributed by atoms with Crippen LogP contribution in [0.15, 0.2) is 66.7 Å². The minimum absolute atomic E-state index is 0.0627. The molecule has 2 aliphatic rings. The van der Waals surface area contributed by atoms with Crippen molar-refractivity contribution in [2.75, 3.05) is 13.7 Å². The van der Waals surface area contributed by atoms with Crippen LogP contribution >= 0.6 is 0 Å². The molecule has 1 unspecified atom stereocenters. The number of amides is 3. The Kier molecular flexibility index (Phi) is 11.9. The normalized spacial score (nSPS) is 21.1. The number of nitrogens with one attached hydrogen (secondary N) is 3. The molecule has 3 amide bonds. The van der Waals surface area contributed by atoms with Crippen molar-refractivity contribution >= 4 is 17.7 Å². The first-order valence-electron chi connectivity index (χ1n) is 17.4. The van der Waals surface area contributed by atoms with Gasteiger partial charge in [-0.1, -0.05) is 62.7 Å². The average Bonchev–Trinajstić information content (AvgIpc) is 3.41. The molecule has 0 aromatic heterocycles. The van der Waals surface area contributed by atoms with Crippen LogP contribution in [0.1, 0.15) is 62.3 Å². The summed E-state index contributed by atoms with van der Waals surface area (Å²) in [5, 5.41) is 21.2. The van der Waals surface area contributed by atoms with E-state index in [2.05, 4.69) is 16.0 Å². The Morgan fingerprint density at radius 3 is 2.46 bits per heavy atom. The van der Waals surface area contributed by atoms with E-state index >= 15 is 0 Å². The summed E-state index contributed by atoms with van der Waals surface area (Å²) in [4.78, 5) is 42.7. The Hall–Kier alpha value is -4.35. The first-order chi connectivity index (χ1) is 23.9. The molecular formula is C39H48F2N4O5. The molecule has 5 rings (SSSR count). The molecule has 0 saturated carbocycles. The van der Waals surface area contributed by atoms with E-state index in [1.807, 2.05) is 62.4 Å². The van der Waals surface area contributed by atoms with Crippen molar-refractivity contribution in [2.24, 2.45) is 5.92 Å². The molecule has 1 fully saturated rings. The number of hydrogen-bond donors (Lipinski definition) is 4. The van der Waals surface area contributed by atoms with E-state index < -0.39 is 47.3 Å². The molecule has 2 aliphatic heterocycles. The van der Waals surface area contributed by atoms with Gasteiger partial charge in [0.25, 0.3) is 0 Å². The third kappa shape index (κ3) is 8.16. The number of aliphatic hydroxyl groups excluding tert-OH is 1. The van der Waals surface area contributed by atoms with Crippen LogP contribution < -0.4 is 20.7 Å². The molecule has 0 aliphatic carbocycles. The van der Waals surface area contributed by atoms with Crippen LogP contribution in [-0.2, 0) is 40.2 Å². The maximum atomic E-state index is 14.5. The smallest absolute Gasteiger partial charge is 0.249 e. The molecule has 6 atom stereocenters. The molecule has 50 heavy (non-hydrogen) atoms. The van der Waals surface area contributed by atoms with E-state index in [-0.39, 0.29) is 42.7 Å². The Morgan fingerprint density at radius 1 is 1.08 bits per heavy atom. The first kappa shape index (κ1) is 36.9. The summed E-state index contributed by atoms with van der Waals surface area (Å²) in [5.74, 6) is -2.12. The molecule has 9 nitrogen and oxygen atoms in total. The lowest BCUT2D eigenvalue weighted by atomic mass is 9.81. The van der Waals surface area contributed by atoms with Crippen LogP contribution in [0.4, 0.5) is 8.78 Å². The zero-order chi connectivity index (χ0) is 36.0. The van der Waals surface area contributed by atoms with E-state index in [0.717, 1.165) is 28.5 Å². The fourth-order valence-corrected chi connectivity index (χ4v) is 7.57. The Balaban J connectivity index is 1.46. The summed E-state index contributed by atoms with van der Waals surface area (Å²) in [7, 11) is 1.60. The average molecular weight is 691 g/mol. The van der Waals surface area contributed by atoms with Gasteiger partial charge in [-0.2, -0.15) is 0 Å². The van der Waals surface area contributed by atoms with Gasteiger partial charge in [0.15, 0.2) is 0 Å². The van der Waals surface area contributed by atoms with Gasteiger partial charge in [0.05, 0.1) is 19.3 Å². The van der Waals surface area contributed by atoms with E-state index in [0.29, 0.717) is 32.2 Å². The highest BCUT2D eigenvalue weighted by Gasteiger charge is 2.53. The minimum Gasteiger partial charge on any atom is -0.496 e. The fraction of sp³-hybridized carbons (Fsp3) is 0.462. The molecule has 11 heteroatoms. The number of ether oxygens (including phenoxy) is 1. The van der Waals surface area contributed by atoms with Crippen LogP contribution in [0.25, 0.3) is 0 Å². The monoisotopic (exact) mass is 690 g/mol. The van der Waals surface area contributed by atoms with Crippen LogP contribution in [0, 0.1) is 17.6 Å². The van der Waals surface area contributed by atoms with E-state index in [9.17, 15) is 28.3 Å². The summed E-state index contributed by atoms with van der Waals surface area (Å²) >= 11 is 0. The number of benzene rings is 3. The standard InChI is InChI=1S/C39H48F2N4O5/c1-5-24(2)39(44-25(3)46)16-17-45(38(39)49)34(15-14-26-10-7-6-8-11-26)37(48)43-33(20-27-18-29(40)22-30(41)19-27)36(47)32-21-28-12-9-13-35(50-4)31(28)23-42-32/h6-13,18-19,22,24,32-34,36,42,47H,5,14-17,20-21,23H2,1-4H3,(H,43,48)(H,44,46)/t24?,32-,33+,34+,36-,39+/m1/s1. The molecule has 0 spiro atoms. The van der Waals surface area contributed by atoms with Crippen LogP contribution in [0.2, 0.25) is 0 Å². The SMILES string of the molecule is CCC(C)[C@@]1(NC(C)=O)CCN([C@@H](CCc2ccccc2)C(=O)N[C@@H](Cc2cc(F)cc(F)c2)[C@H](O)[C@H]2Cc3cccc(OC)c3CN2)C1=O. The van der Waals surface area contributed by atoms with Crippen molar-refractivity contribution < 1.29 is 33.0 Å². The van der Waals surface area contributed by atoms with Crippen molar-refractivity contribution in [3.05, 3.63) is 101 Å². The summed E-state index contributed by atoms with van der Waals surface area (Å²) in [6, 6.07) is 16.1. The Morgan fingerprint density at radius 2 is 1.80 bits per heavy atom. The molecule has 3 aromatic carbocycles. The zero-order valence-corrected chi connectivity index (χ0v) is 29.2. The zero-order valence-electron chi connectivity index (χ0n) is 29.2. The number of methoxy groups -OCH3 is 1. The van der Waals surface area contributed by atoms with Crippen LogP contribution in [0.3, 0.4) is 0 Å². The molecule has 0 bridgehead atoms. The van der Waals surface area contributed by atoms with Gasteiger partial charge in [-0.3, -0.25) is 14.4 Å². The number of rotatable bonds is 14. The molecular weight excluding hydrogens is 642 g/mol. The second kappa shape index (κ2) is 16.1. The van der Waals surface area contributed by atoms with E-state index in [4.69, 9.17) is 4.74 Å². The maximum absolute atomic E-state index is 14.5. The van der Waals surface area contributed by atoms with E-state index in [1.165, 1.54) is 19.1 Å². The summed E-state index contributed by atoms with van der Waals surface area (Å²) in [6.07, 6.45) is 0.948. The van der Waals surface area contributed by atoms with Gasteiger partial charge in [0, 0.05) is 37.7 Å². The predicted octanol–water partition coefficient (Wildman–Crippen LogP) is 4.23. The summed E-state index contributed by atoms with van der Waals surface area (Å²) < 4.78 is 34.2. The number of aliphatic hydroxyl groups is 1. The van der Waals surface area contributed by atoms with Crippen molar-refractivity contribution in [3.8, 4) is 5.75 Å². The predicted molar refractivity (Wildman–Crippen MR) is 186 cm³/mol. The summed E-state index contributed by atoms with van der Waals surface area (Å²) in [6.45, 7) is 5.93. The number of hydrogen-bond acceptors (Lipinski definition) is 6. The number of likely N-dealkylation sites (tertiary alicyclic amines) is 1. The number of aryl methyl sites for hydroxylation is 1. The maximum Gasteiger partial charge on any atom is 0.249 e. The van der Waals surface area contributed by atoms with Crippen molar-refractivity contribution in [2.45, 2.75) is 95.6 Å². The summed E-state index contributed by atoms with van der Waals surface area (Å²) in [5.41, 5.74) is 2.06. The lowest BCUT2D eigenvalue weighted by molar-refractivity contribution is -0.144. The number of nitrogens with zero attached hydrogens (tertiary/aromatic N) is 1. The number of fused-ring (bicyclic) bond motifs is 1. The molecule has 268 valence electrons. The molecule has 3 aromatic rings.